The predicted octanol–water partition coefficient (Wildman–Crippen LogP) is 4.07. The van der Waals surface area contributed by atoms with Crippen LogP contribution in [0.4, 0.5) is 29.5 Å². The fraction of sp³-hybridized carbons (Fsp3) is 0.240. The van der Waals surface area contributed by atoms with Crippen LogP contribution in [0.3, 0.4) is 0 Å². The molecule has 1 aliphatic rings. The molecule has 38 heavy (non-hydrogen) atoms. The minimum Gasteiger partial charge on any atom is -0.354 e. The quantitative estimate of drug-likeness (QED) is 0.370. The minimum atomic E-state index is -4.51. The molecule has 0 saturated carbocycles. The molecule has 200 valence electrons. The van der Waals surface area contributed by atoms with Crippen molar-refractivity contribution in [2.45, 2.75) is 24.6 Å². The van der Waals surface area contributed by atoms with Gasteiger partial charge in [-0.25, -0.2) is 18.2 Å². The monoisotopic (exact) mass is 547 g/mol. The number of carbonyl (C=O) groups is 2. The second kappa shape index (κ2) is 10.3. The lowest BCUT2D eigenvalue weighted by molar-refractivity contribution is -0.137. The van der Waals surface area contributed by atoms with Crippen LogP contribution < -0.4 is 20.7 Å². The summed E-state index contributed by atoms with van der Waals surface area (Å²) in [6.07, 6.45) is -1.19. The zero-order chi connectivity index (χ0) is 27.6. The van der Waals surface area contributed by atoms with E-state index in [1.807, 2.05) is 0 Å². The molecule has 1 saturated heterocycles. The Balaban J connectivity index is 1.60. The first-order valence-corrected chi connectivity index (χ1v) is 13.3. The summed E-state index contributed by atoms with van der Waals surface area (Å²) in [6.45, 7) is 0.428. The van der Waals surface area contributed by atoms with E-state index in [0.29, 0.717) is 29.7 Å². The summed E-state index contributed by atoms with van der Waals surface area (Å²) in [5.74, 6) is -0.290. The first kappa shape index (κ1) is 26.9. The van der Waals surface area contributed by atoms with Crippen molar-refractivity contribution in [1.82, 2.24) is 15.6 Å². The summed E-state index contributed by atoms with van der Waals surface area (Å²) in [5, 5.41) is 7.94. The third kappa shape index (κ3) is 6.05. The van der Waals surface area contributed by atoms with Gasteiger partial charge in [-0.05, 0) is 60.4 Å². The Morgan fingerprint density at radius 3 is 2.34 bits per heavy atom. The Bertz CT molecular complexity index is 1450. The SMILES string of the molecule is CS(=O)(=O)Nc1ncccc1-c1ccc([C@]2(NC(=O)Nc3ccc(C(F)(F)F)cc3)CCCNC2=O)cc1. The normalized spacial score (nSPS) is 17.8. The second-order valence-corrected chi connectivity index (χ2v) is 10.5. The van der Waals surface area contributed by atoms with Crippen molar-refractivity contribution in [3.8, 4) is 11.1 Å². The van der Waals surface area contributed by atoms with Gasteiger partial charge in [0.15, 0.2) is 0 Å². The number of sulfonamides is 1. The standard InChI is InChI=1S/C25H24F3N5O4S/c1-38(36,37)33-21-20(4-2-14-29-21)16-5-7-17(8-6-16)24(13-3-15-30-22(24)34)32-23(35)31-19-11-9-18(10-12-19)25(26,27)28/h2,4-12,14H,3,13,15H2,1H3,(H,29,33)(H,30,34)(H2,31,32,35)/t24-/m1/s1. The van der Waals surface area contributed by atoms with E-state index in [1.165, 1.54) is 6.20 Å². The van der Waals surface area contributed by atoms with Gasteiger partial charge in [-0.15, -0.1) is 0 Å². The summed E-state index contributed by atoms with van der Waals surface area (Å²) < 4.78 is 64.3. The van der Waals surface area contributed by atoms with E-state index in [4.69, 9.17) is 0 Å². The van der Waals surface area contributed by atoms with E-state index in [1.54, 1.807) is 36.4 Å². The van der Waals surface area contributed by atoms with E-state index < -0.39 is 39.2 Å². The van der Waals surface area contributed by atoms with Crippen LogP contribution in [0.2, 0.25) is 0 Å². The first-order valence-electron chi connectivity index (χ1n) is 11.5. The summed E-state index contributed by atoms with van der Waals surface area (Å²) >= 11 is 0. The molecular weight excluding hydrogens is 523 g/mol. The molecule has 1 aromatic heterocycles. The van der Waals surface area contributed by atoms with Crippen molar-refractivity contribution in [3.63, 3.8) is 0 Å². The summed E-state index contributed by atoms with van der Waals surface area (Å²) in [4.78, 5) is 30.0. The Morgan fingerprint density at radius 1 is 1.05 bits per heavy atom. The van der Waals surface area contributed by atoms with Gasteiger partial charge in [0, 0.05) is 24.0 Å². The Morgan fingerprint density at radius 2 is 1.74 bits per heavy atom. The fourth-order valence-electron chi connectivity index (χ4n) is 4.21. The van der Waals surface area contributed by atoms with Crippen molar-refractivity contribution in [2.24, 2.45) is 0 Å². The third-order valence-corrected chi connectivity index (χ3v) is 6.54. The predicted molar refractivity (Wildman–Crippen MR) is 136 cm³/mol. The first-order chi connectivity index (χ1) is 17.9. The molecule has 9 nitrogen and oxygen atoms in total. The molecule has 2 aromatic carbocycles. The maximum absolute atomic E-state index is 13.1. The maximum Gasteiger partial charge on any atom is 0.416 e. The van der Waals surface area contributed by atoms with Gasteiger partial charge in [0.1, 0.15) is 11.4 Å². The number of halogens is 3. The summed E-state index contributed by atoms with van der Waals surface area (Å²) in [7, 11) is -3.57. The topological polar surface area (TPSA) is 129 Å². The molecule has 0 bridgehead atoms. The average Bonchev–Trinajstić information content (AvgIpc) is 2.85. The van der Waals surface area contributed by atoms with E-state index in [9.17, 15) is 31.2 Å². The van der Waals surface area contributed by atoms with Gasteiger partial charge in [0.25, 0.3) is 0 Å². The molecule has 1 fully saturated rings. The lowest BCUT2D eigenvalue weighted by Gasteiger charge is -2.37. The Kier molecular flexibility index (Phi) is 7.31. The largest absolute Gasteiger partial charge is 0.416 e. The van der Waals surface area contributed by atoms with Crippen molar-refractivity contribution in [3.05, 3.63) is 78.0 Å². The van der Waals surface area contributed by atoms with Gasteiger partial charge in [-0.2, -0.15) is 13.2 Å². The van der Waals surface area contributed by atoms with Crippen molar-refractivity contribution < 1.29 is 31.2 Å². The van der Waals surface area contributed by atoms with Gasteiger partial charge >= 0.3 is 12.2 Å². The fourth-order valence-corrected chi connectivity index (χ4v) is 4.73. The zero-order valence-corrected chi connectivity index (χ0v) is 20.9. The number of nitrogens with one attached hydrogen (secondary N) is 4. The van der Waals surface area contributed by atoms with Crippen LogP contribution in [0.1, 0.15) is 24.0 Å². The van der Waals surface area contributed by atoms with Gasteiger partial charge in [0.2, 0.25) is 15.9 Å². The number of urea groups is 1. The second-order valence-electron chi connectivity index (χ2n) is 8.77. The summed E-state index contributed by atoms with van der Waals surface area (Å²) in [6, 6.07) is 13.2. The third-order valence-electron chi connectivity index (χ3n) is 5.98. The number of aromatic nitrogens is 1. The van der Waals surface area contributed by atoms with E-state index in [-0.39, 0.29) is 17.9 Å². The molecule has 0 spiro atoms. The van der Waals surface area contributed by atoms with Gasteiger partial charge in [0.05, 0.1) is 11.8 Å². The smallest absolute Gasteiger partial charge is 0.354 e. The number of alkyl halides is 3. The maximum atomic E-state index is 13.1. The number of pyridine rings is 1. The zero-order valence-electron chi connectivity index (χ0n) is 20.1. The lowest BCUT2D eigenvalue weighted by atomic mass is 9.81. The highest BCUT2D eigenvalue weighted by atomic mass is 32.2. The molecule has 3 amide bonds. The van der Waals surface area contributed by atoms with Crippen LogP contribution in [0.5, 0.6) is 0 Å². The lowest BCUT2D eigenvalue weighted by Crippen LogP contribution is -2.60. The van der Waals surface area contributed by atoms with E-state index >= 15 is 0 Å². The van der Waals surface area contributed by atoms with Crippen LogP contribution in [0.25, 0.3) is 11.1 Å². The molecule has 0 unspecified atom stereocenters. The number of carbonyl (C=O) groups excluding carboxylic acids is 2. The summed E-state index contributed by atoms with van der Waals surface area (Å²) in [5.41, 5.74) is -0.555. The van der Waals surface area contributed by atoms with Crippen LogP contribution in [0, 0.1) is 0 Å². The molecule has 4 N–H and O–H groups in total. The van der Waals surface area contributed by atoms with Crippen molar-refractivity contribution >= 4 is 33.5 Å². The molecule has 0 aliphatic carbocycles. The highest BCUT2D eigenvalue weighted by Crippen LogP contribution is 2.34. The average molecular weight is 548 g/mol. The number of piperidine rings is 1. The number of amides is 3. The molecule has 2 heterocycles. The number of benzene rings is 2. The molecule has 1 atom stereocenters. The number of rotatable bonds is 6. The molecular formula is C25H24F3N5O4S. The number of nitrogens with zero attached hydrogens (tertiary/aromatic N) is 1. The molecule has 13 heteroatoms. The van der Waals surface area contributed by atoms with E-state index in [0.717, 1.165) is 30.5 Å². The molecule has 0 radical (unpaired) electrons. The molecule has 1 aliphatic heterocycles. The van der Waals surface area contributed by atoms with Crippen molar-refractivity contribution in [2.75, 3.05) is 22.8 Å². The number of anilines is 2. The highest BCUT2D eigenvalue weighted by molar-refractivity contribution is 7.92. The Labute approximate surface area is 216 Å². The van der Waals surface area contributed by atoms with Gasteiger partial charge in [-0.3, -0.25) is 9.52 Å². The van der Waals surface area contributed by atoms with Gasteiger partial charge < -0.3 is 16.0 Å². The number of hydrogen-bond donors (Lipinski definition) is 4. The minimum absolute atomic E-state index is 0.125. The highest BCUT2D eigenvalue weighted by Gasteiger charge is 2.43. The van der Waals surface area contributed by atoms with Gasteiger partial charge in [-0.1, -0.05) is 24.3 Å². The van der Waals surface area contributed by atoms with Crippen LogP contribution >= 0.6 is 0 Å². The molecule has 4 rings (SSSR count). The van der Waals surface area contributed by atoms with Crippen LogP contribution in [0.15, 0.2) is 66.9 Å². The Hall–Kier alpha value is -4.13. The number of hydrogen-bond acceptors (Lipinski definition) is 5. The van der Waals surface area contributed by atoms with E-state index in [2.05, 4.69) is 25.7 Å². The van der Waals surface area contributed by atoms with Crippen molar-refractivity contribution in [1.29, 1.82) is 0 Å². The van der Waals surface area contributed by atoms with Crippen LogP contribution in [-0.2, 0) is 26.5 Å². The molecule has 3 aromatic rings. The van der Waals surface area contributed by atoms with Crippen LogP contribution in [-0.4, -0.2) is 38.1 Å².